The minimum Gasteiger partial charge on any atom is -0.481 e. The maximum atomic E-state index is 11.5. The lowest BCUT2D eigenvalue weighted by molar-refractivity contribution is -0.145. The van der Waals surface area contributed by atoms with E-state index >= 15 is 0 Å². The van der Waals surface area contributed by atoms with Gasteiger partial charge in [0.25, 0.3) is 0 Å². The lowest BCUT2D eigenvalue weighted by Gasteiger charge is -2.11. The van der Waals surface area contributed by atoms with Gasteiger partial charge in [0, 0.05) is 6.42 Å². The molecule has 0 saturated heterocycles. The number of carbonyl (C=O) groups is 1. The molecule has 0 rings (SSSR count). The Morgan fingerprint density at radius 2 is 2.20 bits per heavy atom. The summed E-state index contributed by atoms with van der Waals surface area (Å²) in [4.78, 5) is 10.1. The first-order chi connectivity index (χ1) is 4.59. The maximum absolute atomic E-state index is 11.5. The highest BCUT2D eigenvalue weighted by Crippen LogP contribution is 2.06. The maximum Gasteiger partial charge on any atom is 0.308 e. The van der Waals surface area contributed by atoms with Crippen molar-refractivity contribution in [3.63, 3.8) is 0 Å². The van der Waals surface area contributed by atoms with Crippen molar-refractivity contribution in [1.29, 1.82) is 0 Å². The van der Waals surface area contributed by atoms with E-state index < -0.39 is 24.7 Å². The molecule has 0 aromatic carbocycles. The summed E-state index contributed by atoms with van der Waals surface area (Å²) in [7, 11) is 0. The minimum absolute atomic E-state index is 0.104. The Morgan fingerprint density at radius 1 is 1.70 bits per heavy atom. The summed E-state index contributed by atoms with van der Waals surface area (Å²) in [6.45, 7) is 0.668. The summed E-state index contributed by atoms with van der Waals surface area (Å²) in [6.07, 6.45) is -1.17. The van der Waals surface area contributed by atoms with Crippen molar-refractivity contribution in [3.05, 3.63) is 0 Å². The van der Waals surface area contributed by atoms with Gasteiger partial charge in [0.15, 0.2) is 0 Å². The Bertz CT molecular complexity index is 116. The zero-order valence-electron chi connectivity index (χ0n) is 5.75. The molecule has 0 aliphatic rings. The number of aliphatic hydroxyl groups excluding tert-OH is 1. The standard InChI is InChI=1S/C6H11FO3/c1-4(6(9)10)5(8)2-3-7/h4-5,8H,2-3H2,1H3,(H,9,10)/t4-,5+/m0/s1. The van der Waals surface area contributed by atoms with E-state index in [0.717, 1.165) is 0 Å². The van der Waals surface area contributed by atoms with E-state index in [1.165, 1.54) is 6.92 Å². The summed E-state index contributed by atoms with van der Waals surface area (Å²) < 4.78 is 11.5. The molecule has 0 saturated carbocycles. The molecule has 0 aliphatic heterocycles. The average molecular weight is 150 g/mol. The molecule has 0 aliphatic carbocycles. The molecule has 0 bridgehead atoms. The number of carboxylic acid groups (broad SMARTS) is 1. The summed E-state index contributed by atoms with van der Waals surface area (Å²) in [5.74, 6) is -1.98. The van der Waals surface area contributed by atoms with E-state index in [4.69, 9.17) is 10.2 Å². The number of hydrogen-bond acceptors (Lipinski definition) is 2. The lowest BCUT2D eigenvalue weighted by Crippen LogP contribution is -2.25. The van der Waals surface area contributed by atoms with Crippen molar-refractivity contribution in [1.82, 2.24) is 0 Å². The van der Waals surface area contributed by atoms with Crippen LogP contribution in [0.1, 0.15) is 13.3 Å². The van der Waals surface area contributed by atoms with Crippen LogP contribution in [0, 0.1) is 5.92 Å². The van der Waals surface area contributed by atoms with Gasteiger partial charge in [0.2, 0.25) is 0 Å². The van der Waals surface area contributed by atoms with Crippen LogP contribution in [0.4, 0.5) is 4.39 Å². The number of aliphatic hydroxyl groups is 1. The molecule has 0 aromatic heterocycles. The molecule has 3 nitrogen and oxygen atoms in total. The smallest absolute Gasteiger partial charge is 0.308 e. The summed E-state index contributed by atoms with van der Waals surface area (Å²) in [5, 5.41) is 17.2. The number of halogens is 1. The highest BCUT2D eigenvalue weighted by atomic mass is 19.1. The quantitative estimate of drug-likeness (QED) is 0.610. The van der Waals surface area contributed by atoms with Gasteiger partial charge in [-0.1, -0.05) is 0 Å². The fraction of sp³-hybridized carbons (Fsp3) is 0.833. The molecule has 2 atom stereocenters. The van der Waals surface area contributed by atoms with Crippen molar-refractivity contribution in [2.24, 2.45) is 5.92 Å². The van der Waals surface area contributed by atoms with Crippen LogP contribution in [-0.4, -0.2) is 29.0 Å². The van der Waals surface area contributed by atoms with Crippen molar-refractivity contribution < 1.29 is 19.4 Å². The Kier molecular flexibility index (Phi) is 3.95. The average Bonchev–Trinajstić information content (AvgIpc) is 1.87. The number of carboxylic acids is 1. The second kappa shape index (κ2) is 4.22. The fourth-order valence-electron chi connectivity index (χ4n) is 0.526. The van der Waals surface area contributed by atoms with Gasteiger partial charge in [-0.3, -0.25) is 9.18 Å². The van der Waals surface area contributed by atoms with E-state index in [-0.39, 0.29) is 6.42 Å². The Balaban J connectivity index is 3.69. The molecule has 4 heteroatoms. The molecule has 0 heterocycles. The number of rotatable bonds is 4. The van der Waals surface area contributed by atoms with Crippen LogP contribution in [0.25, 0.3) is 0 Å². The third kappa shape index (κ3) is 2.77. The largest absolute Gasteiger partial charge is 0.481 e. The number of aliphatic carboxylic acids is 1. The molecular weight excluding hydrogens is 139 g/mol. The molecule has 0 fully saturated rings. The van der Waals surface area contributed by atoms with Crippen molar-refractivity contribution in [2.45, 2.75) is 19.4 Å². The van der Waals surface area contributed by atoms with Crippen LogP contribution in [-0.2, 0) is 4.79 Å². The van der Waals surface area contributed by atoms with E-state index in [0.29, 0.717) is 0 Å². The van der Waals surface area contributed by atoms with Gasteiger partial charge < -0.3 is 10.2 Å². The first-order valence-corrected chi connectivity index (χ1v) is 3.06. The van der Waals surface area contributed by atoms with Gasteiger partial charge in [0.05, 0.1) is 18.7 Å². The first-order valence-electron chi connectivity index (χ1n) is 3.06. The van der Waals surface area contributed by atoms with Gasteiger partial charge in [-0.15, -0.1) is 0 Å². The molecule has 0 amide bonds. The summed E-state index contributed by atoms with van der Waals surface area (Å²) in [6, 6.07) is 0. The molecule has 60 valence electrons. The zero-order valence-corrected chi connectivity index (χ0v) is 5.75. The minimum atomic E-state index is -1.10. The van der Waals surface area contributed by atoms with E-state index in [2.05, 4.69) is 0 Å². The summed E-state index contributed by atoms with van der Waals surface area (Å²) in [5.41, 5.74) is 0. The molecule has 0 radical (unpaired) electrons. The molecule has 10 heavy (non-hydrogen) atoms. The second-order valence-electron chi connectivity index (χ2n) is 2.17. The number of alkyl halides is 1. The first kappa shape index (κ1) is 9.36. The molecule has 2 N–H and O–H groups in total. The zero-order chi connectivity index (χ0) is 8.15. The Morgan fingerprint density at radius 3 is 2.50 bits per heavy atom. The SMILES string of the molecule is C[C@H](C(=O)O)[C@H](O)CCF. The molecule has 0 aromatic rings. The van der Waals surface area contributed by atoms with Crippen LogP contribution >= 0.6 is 0 Å². The third-order valence-corrected chi connectivity index (χ3v) is 1.37. The lowest BCUT2D eigenvalue weighted by atomic mass is 10.0. The van der Waals surface area contributed by atoms with Crippen molar-refractivity contribution in [2.75, 3.05) is 6.67 Å². The highest BCUT2D eigenvalue weighted by Gasteiger charge is 2.20. The van der Waals surface area contributed by atoms with Crippen LogP contribution in [0.5, 0.6) is 0 Å². The predicted molar refractivity (Wildman–Crippen MR) is 33.4 cm³/mol. The van der Waals surface area contributed by atoms with Crippen molar-refractivity contribution >= 4 is 5.97 Å². The summed E-state index contributed by atoms with van der Waals surface area (Å²) >= 11 is 0. The molecular formula is C6H11FO3. The third-order valence-electron chi connectivity index (χ3n) is 1.37. The van der Waals surface area contributed by atoms with Crippen molar-refractivity contribution in [3.8, 4) is 0 Å². The van der Waals surface area contributed by atoms with Gasteiger partial charge >= 0.3 is 5.97 Å². The topological polar surface area (TPSA) is 57.5 Å². The predicted octanol–water partition coefficient (Wildman–Crippen LogP) is 0.428. The van der Waals surface area contributed by atoms with Gasteiger partial charge in [0.1, 0.15) is 0 Å². The highest BCUT2D eigenvalue weighted by molar-refractivity contribution is 5.70. The van der Waals surface area contributed by atoms with E-state index in [9.17, 15) is 9.18 Å². The normalized spacial score (nSPS) is 16.3. The van der Waals surface area contributed by atoms with Gasteiger partial charge in [-0.2, -0.15) is 0 Å². The van der Waals surface area contributed by atoms with Crippen LogP contribution in [0.3, 0.4) is 0 Å². The monoisotopic (exact) mass is 150 g/mol. The Labute approximate surface area is 58.5 Å². The van der Waals surface area contributed by atoms with E-state index in [1.54, 1.807) is 0 Å². The molecule has 0 unspecified atom stereocenters. The van der Waals surface area contributed by atoms with Gasteiger partial charge in [-0.05, 0) is 6.92 Å². The second-order valence-corrected chi connectivity index (χ2v) is 2.17. The van der Waals surface area contributed by atoms with Gasteiger partial charge in [-0.25, -0.2) is 0 Å². The van der Waals surface area contributed by atoms with Crippen LogP contribution < -0.4 is 0 Å². The Hall–Kier alpha value is -0.640. The van der Waals surface area contributed by atoms with E-state index in [1.807, 2.05) is 0 Å². The molecule has 0 spiro atoms. The fourth-order valence-corrected chi connectivity index (χ4v) is 0.526. The number of hydrogen-bond donors (Lipinski definition) is 2. The van der Waals surface area contributed by atoms with Crippen LogP contribution in [0.2, 0.25) is 0 Å². The van der Waals surface area contributed by atoms with Crippen LogP contribution in [0.15, 0.2) is 0 Å².